The maximum absolute atomic E-state index is 11.2. The number of aromatic nitrogens is 2. The number of nitrogens with zero attached hydrogens (tertiary/aromatic N) is 2. The SMILES string of the molecule is CCCc1ccc(OCC(=O)O)c(-c2cc(-c3cccc(OC)c3OC)n(-c3ccc(Cl)cc3)n2)c1. The van der Waals surface area contributed by atoms with Crippen LogP contribution in [0.2, 0.25) is 5.02 Å². The average molecular weight is 507 g/mol. The Morgan fingerprint density at radius 1 is 0.972 bits per heavy atom. The van der Waals surface area contributed by atoms with Crippen LogP contribution in [0.25, 0.3) is 28.2 Å². The smallest absolute Gasteiger partial charge is 0.341 e. The van der Waals surface area contributed by atoms with Crippen molar-refractivity contribution in [3.05, 3.63) is 77.3 Å². The molecule has 0 spiro atoms. The van der Waals surface area contributed by atoms with E-state index >= 15 is 0 Å². The zero-order valence-corrected chi connectivity index (χ0v) is 21.1. The first-order chi connectivity index (χ1) is 17.4. The summed E-state index contributed by atoms with van der Waals surface area (Å²) >= 11 is 6.14. The molecule has 0 saturated heterocycles. The van der Waals surface area contributed by atoms with Crippen molar-refractivity contribution >= 4 is 17.6 Å². The minimum atomic E-state index is -1.05. The summed E-state index contributed by atoms with van der Waals surface area (Å²) in [5.41, 5.74) is 4.78. The molecule has 0 atom stereocenters. The minimum Gasteiger partial charge on any atom is -0.493 e. The standard InChI is InChI=1S/C28H27ClN2O5/c1-4-6-18-9-14-25(36-17-27(32)33)22(15-18)23-16-24(21-7-5-8-26(34-2)28(21)35-3)31(30-23)20-12-10-19(29)11-13-20/h5,7-16H,4,6,17H2,1-3H3,(H,32,33). The number of rotatable bonds is 10. The molecule has 0 radical (unpaired) electrons. The lowest BCUT2D eigenvalue weighted by Crippen LogP contribution is -2.10. The number of para-hydroxylation sites is 1. The van der Waals surface area contributed by atoms with E-state index in [-0.39, 0.29) is 0 Å². The van der Waals surface area contributed by atoms with Crippen LogP contribution in [0, 0.1) is 0 Å². The van der Waals surface area contributed by atoms with Gasteiger partial charge in [-0.05, 0) is 66.6 Å². The first-order valence-electron chi connectivity index (χ1n) is 11.5. The predicted octanol–water partition coefficient (Wildman–Crippen LogP) is 6.29. The highest BCUT2D eigenvalue weighted by Crippen LogP contribution is 2.41. The Bertz CT molecular complexity index is 1370. The van der Waals surface area contributed by atoms with Crippen molar-refractivity contribution in [1.82, 2.24) is 9.78 Å². The van der Waals surface area contributed by atoms with E-state index in [2.05, 4.69) is 6.92 Å². The normalized spacial score (nSPS) is 10.8. The van der Waals surface area contributed by atoms with Crippen LogP contribution in [-0.2, 0) is 11.2 Å². The van der Waals surface area contributed by atoms with E-state index in [0.29, 0.717) is 33.5 Å². The first kappa shape index (κ1) is 25.1. The first-order valence-corrected chi connectivity index (χ1v) is 11.9. The monoisotopic (exact) mass is 506 g/mol. The van der Waals surface area contributed by atoms with Gasteiger partial charge < -0.3 is 19.3 Å². The summed E-state index contributed by atoms with van der Waals surface area (Å²) in [6, 6.07) is 20.7. The number of benzene rings is 3. The molecule has 1 heterocycles. The number of methoxy groups -OCH3 is 2. The Labute approximate surface area is 214 Å². The number of halogens is 1. The Kier molecular flexibility index (Phi) is 7.80. The largest absolute Gasteiger partial charge is 0.493 e. The fourth-order valence-corrected chi connectivity index (χ4v) is 4.19. The molecule has 0 unspecified atom stereocenters. The summed E-state index contributed by atoms with van der Waals surface area (Å²) in [4.78, 5) is 11.2. The lowest BCUT2D eigenvalue weighted by atomic mass is 10.0. The maximum atomic E-state index is 11.2. The Hall–Kier alpha value is -3.97. The van der Waals surface area contributed by atoms with Crippen molar-refractivity contribution in [1.29, 1.82) is 0 Å². The fraction of sp³-hybridized carbons (Fsp3) is 0.214. The number of aliphatic carboxylic acids is 1. The topological polar surface area (TPSA) is 82.8 Å². The number of ether oxygens (including phenoxy) is 3. The summed E-state index contributed by atoms with van der Waals surface area (Å²) in [5, 5.41) is 14.7. The van der Waals surface area contributed by atoms with Gasteiger partial charge in [-0.1, -0.05) is 37.1 Å². The third kappa shape index (κ3) is 5.31. The third-order valence-electron chi connectivity index (χ3n) is 5.67. The number of carbonyl (C=O) groups is 1. The Balaban J connectivity index is 1.95. The summed E-state index contributed by atoms with van der Waals surface area (Å²) in [6.45, 7) is 1.66. The van der Waals surface area contributed by atoms with Gasteiger partial charge in [0.2, 0.25) is 0 Å². The number of carboxylic acids is 1. The van der Waals surface area contributed by atoms with Gasteiger partial charge in [0.15, 0.2) is 18.1 Å². The zero-order chi connectivity index (χ0) is 25.7. The Morgan fingerprint density at radius 3 is 2.42 bits per heavy atom. The van der Waals surface area contributed by atoms with Gasteiger partial charge in [-0.3, -0.25) is 0 Å². The highest BCUT2D eigenvalue weighted by atomic mass is 35.5. The number of hydrogen-bond acceptors (Lipinski definition) is 5. The lowest BCUT2D eigenvalue weighted by Gasteiger charge is -2.14. The molecule has 8 heteroatoms. The Morgan fingerprint density at radius 2 is 1.75 bits per heavy atom. The second kappa shape index (κ2) is 11.2. The van der Waals surface area contributed by atoms with E-state index < -0.39 is 12.6 Å². The average Bonchev–Trinajstić information content (AvgIpc) is 3.33. The van der Waals surface area contributed by atoms with Crippen molar-refractivity contribution in [3.8, 4) is 45.5 Å². The van der Waals surface area contributed by atoms with Crippen molar-refractivity contribution in [2.75, 3.05) is 20.8 Å². The molecule has 0 aliphatic heterocycles. The van der Waals surface area contributed by atoms with Crippen LogP contribution in [0.3, 0.4) is 0 Å². The molecule has 186 valence electrons. The molecule has 0 aliphatic carbocycles. The van der Waals surface area contributed by atoms with Crippen LogP contribution in [0.4, 0.5) is 0 Å². The van der Waals surface area contributed by atoms with Gasteiger partial charge in [-0.15, -0.1) is 0 Å². The van der Waals surface area contributed by atoms with E-state index in [1.165, 1.54) is 0 Å². The van der Waals surface area contributed by atoms with Crippen LogP contribution < -0.4 is 14.2 Å². The highest BCUT2D eigenvalue weighted by Gasteiger charge is 2.21. The van der Waals surface area contributed by atoms with Gasteiger partial charge >= 0.3 is 5.97 Å². The molecule has 36 heavy (non-hydrogen) atoms. The predicted molar refractivity (Wildman–Crippen MR) is 140 cm³/mol. The number of hydrogen-bond donors (Lipinski definition) is 1. The number of aryl methyl sites for hydroxylation is 1. The molecule has 0 saturated carbocycles. The van der Waals surface area contributed by atoms with Gasteiger partial charge in [0.05, 0.1) is 31.3 Å². The van der Waals surface area contributed by atoms with Crippen LogP contribution in [0.5, 0.6) is 17.2 Å². The van der Waals surface area contributed by atoms with Gasteiger partial charge in [0.1, 0.15) is 5.75 Å². The second-order valence-electron chi connectivity index (χ2n) is 8.11. The van der Waals surface area contributed by atoms with Gasteiger partial charge in [0, 0.05) is 16.1 Å². The van der Waals surface area contributed by atoms with Gasteiger partial charge in [-0.25, -0.2) is 9.48 Å². The number of carboxylic acid groups (broad SMARTS) is 1. The van der Waals surface area contributed by atoms with Crippen LogP contribution in [0.15, 0.2) is 66.7 Å². The van der Waals surface area contributed by atoms with Gasteiger partial charge in [-0.2, -0.15) is 5.10 Å². The van der Waals surface area contributed by atoms with E-state index in [9.17, 15) is 4.79 Å². The third-order valence-corrected chi connectivity index (χ3v) is 5.92. The molecule has 0 fully saturated rings. The maximum Gasteiger partial charge on any atom is 0.341 e. The van der Waals surface area contributed by atoms with E-state index in [4.69, 9.17) is 36.0 Å². The molecule has 3 aromatic carbocycles. The van der Waals surface area contributed by atoms with Crippen molar-refractivity contribution in [3.63, 3.8) is 0 Å². The quantitative estimate of drug-likeness (QED) is 0.272. The van der Waals surface area contributed by atoms with Crippen molar-refractivity contribution in [2.24, 2.45) is 0 Å². The molecule has 1 N–H and O–H groups in total. The highest BCUT2D eigenvalue weighted by molar-refractivity contribution is 6.30. The molecule has 7 nitrogen and oxygen atoms in total. The van der Waals surface area contributed by atoms with Crippen molar-refractivity contribution in [2.45, 2.75) is 19.8 Å². The summed E-state index contributed by atoms with van der Waals surface area (Å²) in [5.74, 6) is 0.564. The lowest BCUT2D eigenvalue weighted by molar-refractivity contribution is -0.139. The molecule has 0 aliphatic rings. The molecule has 4 rings (SSSR count). The molecule has 1 aromatic heterocycles. The summed E-state index contributed by atoms with van der Waals surface area (Å²) in [6.07, 6.45) is 1.85. The minimum absolute atomic E-state index is 0.446. The molecule has 0 bridgehead atoms. The molecular formula is C28H27ClN2O5. The molecular weight excluding hydrogens is 480 g/mol. The van der Waals surface area contributed by atoms with Crippen LogP contribution >= 0.6 is 11.6 Å². The van der Waals surface area contributed by atoms with Crippen molar-refractivity contribution < 1.29 is 24.1 Å². The molecule has 4 aromatic rings. The van der Waals surface area contributed by atoms with E-state index in [0.717, 1.165) is 35.3 Å². The summed E-state index contributed by atoms with van der Waals surface area (Å²) < 4.78 is 18.7. The van der Waals surface area contributed by atoms with Gasteiger partial charge in [0.25, 0.3) is 0 Å². The van der Waals surface area contributed by atoms with Crippen LogP contribution in [0.1, 0.15) is 18.9 Å². The summed E-state index contributed by atoms with van der Waals surface area (Å²) in [7, 11) is 3.19. The fourth-order valence-electron chi connectivity index (χ4n) is 4.06. The zero-order valence-electron chi connectivity index (χ0n) is 20.3. The van der Waals surface area contributed by atoms with E-state index in [1.54, 1.807) is 37.1 Å². The molecule has 0 amide bonds. The van der Waals surface area contributed by atoms with Crippen LogP contribution in [-0.4, -0.2) is 41.7 Å². The second-order valence-corrected chi connectivity index (χ2v) is 8.54. The van der Waals surface area contributed by atoms with E-state index in [1.807, 2.05) is 48.5 Å².